The van der Waals surface area contributed by atoms with Crippen molar-refractivity contribution >= 4 is 18.9 Å². The van der Waals surface area contributed by atoms with Gasteiger partial charge in [-0.2, -0.15) is 0 Å². The highest BCUT2D eigenvalue weighted by molar-refractivity contribution is 5.76. The first-order chi connectivity index (χ1) is 27.8. The van der Waals surface area contributed by atoms with Crippen molar-refractivity contribution in [3.63, 3.8) is 0 Å². The van der Waals surface area contributed by atoms with Gasteiger partial charge in [-0.3, -0.25) is 4.79 Å². The maximum Gasteiger partial charge on any atom is 0.155 e. The van der Waals surface area contributed by atoms with Crippen LogP contribution in [0.2, 0.25) is 0 Å². The fourth-order valence-corrected chi connectivity index (χ4v) is 4.27. The van der Waals surface area contributed by atoms with E-state index >= 15 is 0 Å². The van der Waals surface area contributed by atoms with E-state index in [4.69, 9.17) is 30.0 Å². The van der Waals surface area contributed by atoms with Gasteiger partial charge in [0, 0.05) is 19.6 Å². The monoisotopic (exact) mass is 835 g/mol. The molecule has 8 nitrogen and oxygen atoms in total. The Morgan fingerprint density at radius 3 is 1.07 bits per heavy atom. The van der Waals surface area contributed by atoms with Crippen LogP contribution < -0.4 is 0 Å². The molecule has 0 bridgehead atoms. The van der Waals surface area contributed by atoms with Crippen LogP contribution in [0.15, 0.2) is 36.6 Å². The number of aliphatic hydroxyl groups is 5. The second kappa shape index (κ2) is 86.6. The molecule has 0 heterocycles. The molecule has 58 heavy (non-hydrogen) atoms. The number of carbonyl (C=O) groups is 3. The Bertz CT molecular complexity index is 712. The highest BCUT2D eigenvalue weighted by Crippen LogP contribution is 2.19. The van der Waals surface area contributed by atoms with Crippen LogP contribution in [-0.4, -0.2) is 70.8 Å². The van der Waals surface area contributed by atoms with E-state index in [2.05, 4.69) is 54.4 Å². The van der Waals surface area contributed by atoms with Gasteiger partial charge in [0.05, 0.1) is 12.4 Å². The number of rotatable bonds is 28. The van der Waals surface area contributed by atoms with Gasteiger partial charge in [-0.25, -0.2) is 0 Å². The molecule has 0 aliphatic rings. The Hall–Kier alpha value is -2.13. The van der Waals surface area contributed by atoms with E-state index < -0.39 is 0 Å². The van der Waals surface area contributed by atoms with Crippen molar-refractivity contribution in [1.82, 2.24) is 0 Å². The molecule has 0 aromatic heterocycles. The van der Waals surface area contributed by atoms with Gasteiger partial charge in [-0.1, -0.05) is 195 Å². The molecule has 0 fully saturated rings. The molecule has 0 spiro atoms. The van der Waals surface area contributed by atoms with Crippen molar-refractivity contribution in [2.24, 2.45) is 5.92 Å². The molecule has 0 saturated carbocycles. The van der Waals surface area contributed by atoms with Crippen LogP contribution in [0.5, 0.6) is 0 Å². The Morgan fingerprint density at radius 1 is 0.569 bits per heavy atom. The van der Waals surface area contributed by atoms with Crippen LogP contribution in [0.25, 0.3) is 0 Å². The van der Waals surface area contributed by atoms with Gasteiger partial charge in [-0.15, -0.1) is 6.58 Å². The number of aldehydes is 1. The van der Waals surface area contributed by atoms with Gasteiger partial charge in [0.15, 0.2) is 5.78 Å². The molecule has 0 aromatic carbocycles. The average Bonchev–Trinajstić information content (AvgIpc) is 3.23. The molecule has 0 radical (unpaired) electrons. The molecular weight excluding hydrogens is 729 g/mol. The number of carbonyl (C=O) groups excluding carboxylic acids is 3. The summed E-state index contributed by atoms with van der Waals surface area (Å²) in [5.41, 5.74) is 2.13. The number of unbranched alkanes of at least 4 members (excludes halogenated alkanes) is 16. The standard InChI is InChI=1S/C25H48O2.C6H14.C5H10O.C3H6O2.C3H8O.C3H8.C2H4O.C2H6.CH2O/c1-23(2)20-21-25(22-26)19-17-15-13-11-9-7-5-4-6-8-10-12-14-16-18-24(3)27;1-3-5-6-4-2;1-3-5(2)4-6;1-3(5)2-4;1-2-3-4;1-3-2;1-2-3;2*1-2/h25-27H,1,3-22H2,2H3;3-6H2,1-2H3;6H,2-4H2,1H3;4H,2H2,1H3;4H,2-3H2,1H3;3H2,1-2H3;2H,1H3;1-2H3;1H2. The lowest BCUT2D eigenvalue weighted by molar-refractivity contribution is -0.119. The summed E-state index contributed by atoms with van der Waals surface area (Å²) < 4.78 is 0. The molecule has 1 atom stereocenters. The second-order valence-electron chi connectivity index (χ2n) is 14.1. The number of ketones is 1. The van der Waals surface area contributed by atoms with Gasteiger partial charge in [-0.05, 0) is 65.2 Å². The van der Waals surface area contributed by atoms with Crippen LogP contribution in [0.4, 0.5) is 0 Å². The number of allylic oxidation sites excluding steroid dienone is 2. The molecule has 8 heteroatoms. The van der Waals surface area contributed by atoms with Crippen molar-refractivity contribution in [2.45, 2.75) is 237 Å². The van der Waals surface area contributed by atoms with E-state index in [0.29, 0.717) is 24.9 Å². The summed E-state index contributed by atoms with van der Waals surface area (Å²) in [4.78, 5) is 26.4. The van der Waals surface area contributed by atoms with E-state index in [-0.39, 0.29) is 19.0 Å². The minimum absolute atomic E-state index is 0.135. The third-order valence-corrected chi connectivity index (χ3v) is 7.69. The van der Waals surface area contributed by atoms with Crippen LogP contribution >= 0.6 is 0 Å². The quantitative estimate of drug-likeness (QED) is 0.0226. The van der Waals surface area contributed by atoms with Gasteiger partial charge >= 0.3 is 0 Å². The lowest BCUT2D eigenvalue weighted by atomic mass is 9.95. The third kappa shape index (κ3) is 131. The summed E-state index contributed by atoms with van der Waals surface area (Å²) in [7, 11) is 0. The SMILES string of the molecule is C=C(C)CCC(CO)CCCCCCCCCCCCCCCCC(=C)O.C=C(CC)CO.C=O.CC.CC(=O)CO.CC=O.CCC.CCCCCC.CCCO. The van der Waals surface area contributed by atoms with Gasteiger partial charge in [0.25, 0.3) is 0 Å². The predicted octanol–water partition coefficient (Wildman–Crippen LogP) is 14.2. The zero-order valence-electron chi connectivity index (χ0n) is 41.0. The summed E-state index contributed by atoms with van der Waals surface area (Å²) in [6.45, 7) is 34.9. The summed E-state index contributed by atoms with van der Waals surface area (Å²) in [5, 5.41) is 42.4. The zero-order valence-corrected chi connectivity index (χ0v) is 41.0. The lowest BCUT2D eigenvalue weighted by Crippen LogP contribution is -2.06. The van der Waals surface area contributed by atoms with Crippen molar-refractivity contribution < 1.29 is 39.9 Å². The molecule has 0 rings (SSSR count). The molecule has 0 amide bonds. The second-order valence-corrected chi connectivity index (χ2v) is 14.1. The largest absolute Gasteiger partial charge is 0.513 e. The van der Waals surface area contributed by atoms with Crippen LogP contribution in [0.1, 0.15) is 237 Å². The number of aliphatic hydroxyl groups excluding tert-OH is 5. The first-order valence-corrected chi connectivity index (χ1v) is 23.1. The zero-order chi connectivity index (χ0) is 47.1. The number of hydrogen-bond acceptors (Lipinski definition) is 8. The molecular formula is C50H106O8. The first-order valence-electron chi connectivity index (χ1n) is 23.1. The van der Waals surface area contributed by atoms with Crippen molar-refractivity contribution in [3.05, 3.63) is 36.6 Å². The Kier molecular flexibility index (Phi) is 114. The van der Waals surface area contributed by atoms with E-state index in [0.717, 1.165) is 50.4 Å². The predicted molar refractivity (Wildman–Crippen MR) is 258 cm³/mol. The Balaban J connectivity index is -0.0000000889. The topological polar surface area (TPSA) is 152 Å². The maximum absolute atomic E-state index is 9.56. The number of hydrogen-bond donors (Lipinski definition) is 5. The molecule has 0 aliphatic heterocycles. The molecule has 0 saturated heterocycles. The van der Waals surface area contributed by atoms with Crippen LogP contribution in [0, 0.1) is 5.92 Å². The van der Waals surface area contributed by atoms with Crippen molar-refractivity contribution in [2.75, 3.05) is 26.4 Å². The van der Waals surface area contributed by atoms with E-state index in [1.807, 2.05) is 34.5 Å². The molecule has 0 aromatic rings. The summed E-state index contributed by atoms with van der Waals surface area (Å²) in [6, 6.07) is 0. The highest BCUT2D eigenvalue weighted by atomic mass is 16.3. The van der Waals surface area contributed by atoms with E-state index in [1.54, 1.807) is 0 Å². The van der Waals surface area contributed by atoms with Gasteiger partial charge < -0.3 is 35.1 Å². The first kappa shape index (κ1) is 76.6. The summed E-state index contributed by atoms with van der Waals surface area (Å²) in [5.74, 6) is 0.629. The molecule has 0 aliphatic carbocycles. The maximum atomic E-state index is 9.56. The van der Waals surface area contributed by atoms with Crippen LogP contribution in [-0.2, 0) is 14.4 Å². The number of Topliss-reactive ketones (excluding diaryl/α,β-unsaturated/α-hetero) is 1. The average molecular weight is 835 g/mol. The molecule has 5 N–H and O–H groups in total. The smallest absolute Gasteiger partial charge is 0.155 e. The van der Waals surface area contributed by atoms with Gasteiger partial charge in [0.1, 0.15) is 19.7 Å². The van der Waals surface area contributed by atoms with Crippen LogP contribution in [0.3, 0.4) is 0 Å². The Morgan fingerprint density at radius 2 is 0.879 bits per heavy atom. The Labute approximate surface area is 363 Å². The minimum atomic E-state index is -0.333. The highest BCUT2D eigenvalue weighted by Gasteiger charge is 2.07. The lowest BCUT2D eigenvalue weighted by Gasteiger charge is -2.13. The van der Waals surface area contributed by atoms with E-state index in [1.165, 1.54) is 141 Å². The molecule has 1 unspecified atom stereocenters. The third-order valence-electron chi connectivity index (χ3n) is 7.69. The summed E-state index contributed by atoms with van der Waals surface area (Å²) >= 11 is 0. The fraction of sp³-hybridized carbons (Fsp3) is 0.820. The fourth-order valence-electron chi connectivity index (χ4n) is 4.27. The molecule has 354 valence electrons. The van der Waals surface area contributed by atoms with E-state index in [9.17, 15) is 9.90 Å². The van der Waals surface area contributed by atoms with Crippen molar-refractivity contribution in [3.8, 4) is 0 Å². The normalized spacial score (nSPS) is 9.36. The minimum Gasteiger partial charge on any atom is -0.513 e. The summed E-state index contributed by atoms with van der Waals surface area (Å²) in [6.07, 6.45) is 32.1. The van der Waals surface area contributed by atoms with Gasteiger partial charge in [0.2, 0.25) is 0 Å². The van der Waals surface area contributed by atoms with Crippen molar-refractivity contribution in [1.29, 1.82) is 0 Å².